The molecule has 0 saturated carbocycles. The second-order valence-electron chi connectivity index (χ2n) is 10.6. The second kappa shape index (κ2) is 13.5. The van der Waals surface area contributed by atoms with Crippen molar-refractivity contribution in [2.75, 3.05) is 0 Å². The first-order chi connectivity index (χ1) is 21.0. The summed E-state index contributed by atoms with van der Waals surface area (Å²) in [5.41, 5.74) is 13.3. The molecule has 0 radical (unpaired) electrons. The zero-order valence-corrected chi connectivity index (χ0v) is 24.9. The van der Waals surface area contributed by atoms with Gasteiger partial charge in [-0.1, -0.05) is 134 Å². The largest absolute Gasteiger partial charge is 0.279 e. The summed E-state index contributed by atoms with van der Waals surface area (Å²) in [6.07, 6.45) is 1.86. The number of hydrogen-bond donors (Lipinski definition) is 0. The molecule has 0 heterocycles. The van der Waals surface area contributed by atoms with Crippen molar-refractivity contribution in [3.8, 4) is 22.3 Å². The Hall–Kier alpha value is -5.34. The first kappa shape index (κ1) is 29.2. The van der Waals surface area contributed by atoms with Crippen molar-refractivity contribution in [2.45, 2.75) is 20.4 Å². The maximum absolute atomic E-state index is 5.28. The van der Waals surface area contributed by atoms with Crippen molar-refractivity contribution in [3.63, 3.8) is 0 Å². The molecule has 43 heavy (non-hydrogen) atoms. The minimum absolute atomic E-state index is 0.498. The fraction of sp³-hybridized carbons (Fsp3) is 0.0732. The van der Waals surface area contributed by atoms with Gasteiger partial charge in [0.25, 0.3) is 0 Å². The van der Waals surface area contributed by atoms with Crippen LogP contribution in [0.2, 0.25) is 0 Å². The van der Waals surface area contributed by atoms with E-state index in [0.29, 0.717) is 6.54 Å². The summed E-state index contributed by atoms with van der Waals surface area (Å²) in [6, 6.07) is 44.3. The van der Waals surface area contributed by atoms with Crippen LogP contribution in [0.15, 0.2) is 162 Å². The van der Waals surface area contributed by atoms with Crippen LogP contribution >= 0.6 is 0 Å². The van der Waals surface area contributed by atoms with Crippen LogP contribution in [-0.2, 0) is 6.54 Å². The Labute approximate surface area is 255 Å². The number of allylic oxidation sites excluding steroid dienone is 3. The summed E-state index contributed by atoms with van der Waals surface area (Å²) in [4.78, 5) is 9.83. The molecule has 0 atom stereocenters. The van der Waals surface area contributed by atoms with Crippen LogP contribution < -0.4 is 0 Å². The van der Waals surface area contributed by atoms with Gasteiger partial charge in [0.15, 0.2) is 0 Å². The highest BCUT2D eigenvalue weighted by Gasteiger charge is 2.18. The van der Waals surface area contributed by atoms with E-state index in [1.54, 1.807) is 0 Å². The van der Waals surface area contributed by atoms with E-state index in [4.69, 9.17) is 4.99 Å². The van der Waals surface area contributed by atoms with E-state index in [0.717, 1.165) is 72.6 Å². The van der Waals surface area contributed by atoms with Crippen LogP contribution in [0.5, 0.6) is 0 Å². The van der Waals surface area contributed by atoms with Gasteiger partial charge >= 0.3 is 0 Å². The molecule has 0 aliphatic carbocycles. The lowest BCUT2D eigenvalue weighted by atomic mass is 9.90. The van der Waals surface area contributed by atoms with Gasteiger partial charge in [0.05, 0.1) is 18.0 Å². The van der Waals surface area contributed by atoms with Gasteiger partial charge in [-0.3, -0.25) is 9.98 Å². The Morgan fingerprint density at radius 2 is 1.23 bits per heavy atom. The maximum Gasteiger partial charge on any atom is 0.0791 e. The number of hydrogen-bond acceptors (Lipinski definition) is 2. The number of nitrogens with zero attached hydrogens (tertiary/aromatic N) is 2. The van der Waals surface area contributed by atoms with E-state index in [1.807, 2.05) is 37.3 Å². The van der Waals surface area contributed by atoms with Gasteiger partial charge in [-0.2, -0.15) is 0 Å². The highest BCUT2D eigenvalue weighted by atomic mass is 14.8. The molecular formula is C41H36N2. The molecule has 0 fully saturated rings. The Morgan fingerprint density at radius 3 is 1.74 bits per heavy atom. The van der Waals surface area contributed by atoms with Gasteiger partial charge in [-0.25, -0.2) is 0 Å². The van der Waals surface area contributed by atoms with Gasteiger partial charge in [-0.05, 0) is 77.7 Å². The molecule has 0 unspecified atom stereocenters. The molecule has 2 heteroatoms. The number of benzene rings is 5. The zero-order chi connectivity index (χ0) is 30.2. The quantitative estimate of drug-likeness (QED) is 0.121. The lowest BCUT2D eigenvalue weighted by Crippen LogP contribution is -2.08. The highest BCUT2D eigenvalue weighted by molar-refractivity contribution is 6.19. The fourth-order valence-electron chi connectivity index (χ4n) is 5.22. The van der Waals surface area contributed by atoms with Crippen LogP contribution in [-0.4, -0.2) is 12.4 Å². The average molecular weight is 557 g/mol. The van der Waals surface area contributed by atoms with Gasteiger partial charge in [0.1, 0.15) is 0 Å². The monoisotopic (exact) mass is 556 g/mol. The van der Waals surface area contributed by atoms with Crippen molar-refractivity contribution < 1.29 is 0 Å². The molecule has 5 rings (SSSR count). The van der Waals surface area contributed by atoms with Crippen molar-refractivity contribution >= 4 is 23.7 Å². The zero-order valence-electron chi connectivity index (χ0n) is 24.9. The van der Waals surface area contributed by atoms with Crippen LogP contribution in [0.1, 0.15) is 34.7 Å². The van der Waals surface area contributed by atoms with Crippen molar-refractivity contribution in [1.29, 1.82) is 0 Å². The third kappa shape index (κ3) is 6.77. The maximum atomic E-state index is 5.28. The smallest absolute Gasteiger partial charge is 0.0791 e. The Balaban J connectivity index is 1.76. The fourth-order valence-corrected chi connectivity index (χ4v) is 5.22. The van der Waals surface area contributed by atoms with E-state index in [2.05, 4.69) is 135 Å². The minimum atomic E-state index is 0.498. The molecule has 210 valence electrons. The molecule has 0 aliphatic heterocycles. The van der Waals surface area contributed by atoms with Crippen LogP contribution in [0.4, 0.5) is 0 Å². The SMILES string of the molecule is C=C/C(C(=NCc1ccc(C(=C)C)cc1)c1cc(-c2ccccc2)cc(-c2ccccc2)c1)=C(/N=C)c1ccccc1C. The summed E-state index contributed by atoms with van der Waals surface area (Å²) < 4.78 is 0. The Morgan fingerprint density at radius 1 is 0.674 bits per heavy atom. The molecule has 2 nitrogen and oxygen atoms in total. The number of aryl methyl sites for hydroxylation is 1. The third-order valence-corrected chi connectivity index (χ3v) is 7.56. The normalized spacial score (nSPS) is 11.9. The molecule has 0 amide bonds. The molecule has 0 saturated heterocycles. The summed E-state index contributed by atoms with van der Waals surface area (Å²) in [7, 11) is 0. The van der Waals surface area contributed by atoms with Gasteiger partial charge < -0.3 is 0 Å². The van der Waals surface area contributed by atoms with Crippen molar-refractivity contribution in [2.24, 2.45) is 9.98 Å². The number of rotatable bonds is 10. The van der Waals surface area contributed by atoms with Crippen LogP contribution in [0.3, 0.4) is 0 Å². The summed E-state index contributed by atoms with van der Waals surface area (Å²) in [5, 5.41) is 0. The molecule has 5 aromatic carbocycles. The van der Waals surface area contributed by atoms with Crippen LogP contribution in [0, 0.1) is 6.92 Å². The molecule has 0 N–H and O–H groups in total. The molecule has 0 bridgehead atoms. The summed E-state index contributed by atoms with van der Waals surface area (Å²) >= 11 is 0. The van der Waals surface area contributed by atoms with E-state index in [-0.39, 0.29) is 0 Å². The van der Waals surface area contributed by atoms with E-state index < -0.39 is 0 Å². The Kier molecular flexibility index (Phi) is 9.19. The lowest BCUT2D eigenvalue weighted by Gasteiger charge is -2.17. The average Bonchev–Trinajstić information content (AvgIpc) is 3.06. The summed E-state index contributed by atoms with van der Waals surface area (Å²) in [5.74, 6) is 0. The van der Waals surface area contributed by atoms with Gasteiger partial charge in [0, 0.05) is 16.7 Å². The number of aliphatic imine (C=N–C) groups is 2. The first-order valence-corrected chi connectivity index (χ1v) is 14.4. The molecule has 0 aliphatic rings. The van der Waals surface area contributed by atoms with Crippen molar-refractivity contribution in [3.05, 3.63) is 180 Å². The van der Waals surface area contributed by atoms with Gasteiger partial charge in [0.2, 0.25) is 0 Å². The first-order valence-electron chi connectivity index (χ1n) is 14.4. The molecular weight excluding hydrogens is 520 g/mol. The van der Waals surface area contributed by atoms with E-state index in [1.165, 1.54) is 0 Å². The van der Waals surface area contributed by atoms with E-state index in [9.17, 15) is 0 Å². The molecule has 5 aromatic rings. The topological polar surface area (TPSA) is 24.7 Å². The third-order valence-electron chi connectivity index (χ3n) is 7.56. The predicted molar refractivity (Wildman–Crippen MR) is 187 cm³/mol. The predicted octanol–water partition coefficient (Wildman–Crippen LogP) is 10.6. The lowest BCUT2D eigenvalue weighted by molar-refractivity contribution is 1.07. The molecule has 0 spiro atoms. The standard InChI is InChI=1S/C41H36N2/c1-6-38(41(42-5)39-20-14-13-15-30(39)4)40(43-28-31-21-23-32(24-22-31)29(2)3)37-26-35(33-16-9-7-10-17-33)25-36(27-37)34-18-11-8-12-19-34/h6-27H,1-2,5,28H2,3-4H3/b41-38-,43-40?. The minimum Gasteiger partial charge on any atom is -0.279 e. The Bertz CT molecular complexity index is 1770. The summed E-state index contributed by atoms with van der Waals surface area (Å²) in [6.45, 7) is 16.9. The van der Waals surface area contributed by atoms with Gasteiger partial charge in [-0.15, -0.1) is 0 Å². The second-order valence-corrected chi connectivity index (χ2v) is 10.6. The van der Waals surface area contributed by atoms with Crippen molar-refractivity contribution in [1.82, 2.24) is 0 Å². The van der Waals surface area contributed by atoms with Crippen LogP contribution in [0.25, 0.3) is 33.5 Å². The van der Waals surface area contributed by atoms with E-state index >= 15 is 0 Å². The highest BCUT2D eigenvalue weighted by Crippen LogP contribution is 2.32. The molecule has 0 aromatic heterocycles.